The smallest absolute Gasteiger partial charge is 0.257 e. The molecule has 3 aromatic rings. The van der Waals surface area contributed by atoms with E-state index in [2.05, 4.69) is 10.1 Å². The lowest BCUT2D eigenvalue weighted by Gasteiger charge is -2.24. The lowest BCUT2D eigenvalue weighted by molar-refractivity contribution is 0.0504. The molecule has 0 bridgehead atoms. The Balaban J connectivity index is 1.49. The SMILES string of the molecule is O=C(c1cnn(Cc2ccccc2)c1)N(Cc1ccccn1)CC1CCCO1. The Kier molecular flexibility index (Phi) is 5.77. The lowest BCUT2D eigenvalue weighted by Crippen LogP contribution is -2.37. The van der Waals surface area contributed by atoms with Crippen LogP contribution < -0.4 is 0 Å². The van der Waals surface area contributed by atoms with E-state index >= 15 is 0 Å². The number of carbonyl (C=O) groups excluding carboxylic acids is 1. The Morgan fingerprint density at radius 3 is 2.79 bits per heavy atom. The van der Waals surface area contributed by atoms with Gasteiger partial charge in [-0.1, -0.05) is 36.4 Å². The molecule has 28 heavy (non-hydrogen) atoms. The maximum atomic E-state index is 13.2. The van der Waals surface area contributed by atoms with Gasteiger partial charge in [-0.05, 0) is 30.5 Å². The maximum Gasteiger partial charge on any atom is 0.257 e. The number of benzene rings is 1. The Labute approximate surface area is 164 Å². The van der Waals surface area contributed by atoms with Gasteiger partial charge >= 0.3 is 0 Å². The van der Waals surface area contributed by atoms with Crippen LogP contribution in [0.2, 0.25) is 0 Å². The summed E-state index contributed by atoms with van der Waals surface area (Å²) in [5.41, 5.74) is 2.60. The molecule has 0 spiro atoms. The van der Waals surface area contributed by atoms with Crippen LogP contribution in [0.25, 0.3) is 0 Å². The number of hydrogen-bond donors (Lipinski definition) is 0. The largest absolute Gasteiger partial charge is 0.376 e. The van der Waals surface area contributed by atoms with Gasteiger partial charge in [0, 0.05) is 25.5 Å². The molecule has 2 aromatic heterocycles. The van der Waals surface area contributed by atoms with Crippen molar-refractivity contribution < 1.29 is 9.53 Å². The van der Waals surface area contributed by atoms with Crippen molar-refractivity contribution in [2.45, 2.75) is 32.0 Å². The summed E-state index contributed by atoms with van der Waals surface area (Å²) in [6.07, 6.45) is 7.33. The van der Waals surface area contributed by atoms with Crippen molar-refractivity contribution in [2.24, 2.45) is 0 Å². The van der Waals surface area contributed by atoms with Crippen LogP contribution in [0.5, 0.6) is 0 Å². The zero-order valence-electron chi connectivity index (χ0n) is 15.8. The predicted molar refractivity (Wildman–Crippen MR) is 106 cm³/mol. The van der Waals surface area contributed by atoms with E-state index in [0.717, 1.165) is 30.7 Å². The minimum atomic E-state index is -0.0412. The molecule has 1 unspecified atom stereocenters. The minimum Gasteiger partial charge on any atom is -0.376 e. The topological polar surface area (TPSA) is 60.2 Å². The van der Waals surface area contributed by atoms with Crippen LogP contribution in [0.3, 0.4) is 0 Å². The molecule has 6 nitrogen and oxygen atoms in total. The first-order valence-corrected chi connectivity index (χ1v) is 9.65. The van der Waals surface area contributed by atoms with Crippen LogP contribution >= 0.6 is 0 Å². The van der Waals surface area contributed by atoms with E-state index in [-0.39, 0.29) is 12.0 Å². The quantitative estimate of drug-likeness (QED) is 0.636. The van der Waals surface area contributed by atoms with E-state index in [0.29, 0.717) is 25.2 Å². The molecule has 1 amide bonds. The molecule has 1 fully saturated rings. The summed E-state index contributed by atoms with van der Waals surface area (Å²) in [5.74, 6) is -0.0412. The molecule has 0 N–H and O–H groups in total. The molecule has 0 aliphatic carbocycles. The highest BCUT2D eigenvalue weighted by Gasteiger charge is 2.24. The van der Waals surface area contributed by atoms with Gasteiger partial charge in [-0.15, -0.1) is 0 Å². The average molecular weight is 376 g/mol. The molecular formula is C22H24N4O2. The average Bonchev–Trinajstić information content (AvgIpc) is 3.41. The van der Waals surface area contributed by atoms with E-state index in [1.54, 1.807) is 17.1 Å². The van der Waals surface area contributed by atoms with Crippen LogP contribution in [0.4, 0.5) is 0 Å². The first-order valence-electron chi connectivity index (χ1n) is 9.65. The predicted octanol–water partition coefficient (Wildman–Crippen LogP) is 3.15. The molecule has 1 aromatic carbocycles. The van der Waals surface area contributed by atoms with Crippen molar-refractivity contribution in [3.63, 3.8) is 0 Å². The first-order chi connectivity index (χ1) is 13.8. The second-order valence-electron chi connectivity index (χ2n) is 7.05. The lowest BCUT2D eigenvalue weighted by atomic mass is 10.2. The summed E-state index contributed by atoms with van der Waals surface area (Å²) in [7, 11) is 0. The number of rotatable bonds is 7. The Hall–Kier alpha value is -2.99. The van der Waals surface area contributed by atoms with Crippen LogP contribution in [-0.2, 0) is 17.8 Å². The van der Waals surface area contributed by atoms with E-state index in [4.69, 9.17) is 4.74 Å². The van der Waals surface area contributed by atoms with E-state index < -0.39 is 0 Å². The first kappa shape index (κ1) is 18.4. The van der Waals surface area contributed by atoms with Crippen LogP contribution in [-0.4, -0.2) is 44.8 Å². The number of hydrogen-bond acceptors (Lipinski definition) is 4. The fourth-order valence-corrected chi connectivity index (χ4v) is 3.45. The van der Waals surface area contributed by atoms with Gasteiger partial charge in [0.25, 0.3) is 5.91 Å². The van der Waals surface area contributed by atoms with Gasteiger partial charge < -0.3 is 9.64 Å². The normalized spacial score (nSPS) is 16.2. The Morgan fingerprint density at radius 1 is 1.18 bits per heavy atom. The van der Waals surface area contributed by atoms with Gasteiger partial charge in [0.1, 0.15) is 0 Å². The third kappa shape index (κ3) is 4.64. The van der Waals surface area contributed by atoms with Crippen molar-refractivity contribution in [1.82, 2.24) is 19.7 Å². The maximum absolute atomic E-state index is 13.2. The number of carbonyl (C=O) groups is 1. The molecule has 0 radical (unpaired) electrons. The number of ether oxygens (including phenoxy) is 1. The van der Waals surface area contributed by atoms with Gasteiger partial charge in [-0.2, -0.15) is 5.10 Å². The number of nitrogens with zero attached hydrogens (tertiary/aromatic N) is 4. The molecule has 0 saturated carbocycles. The minimum absolute atomic E-state index is 0.0412. The number of aromatic nitrogens is 3. The van der Waals surface area contributed by atoms with Crippen molar-refractivity contribution in [3.8, 4) is 0 Å². The van der Waals surface area contributed by atoms with Crippen molar-refractivity contribution in [2.75, 3.05) is 13.2 Å². The van der Waals surface area contributed by atoms with Crippen LogP contribution in [0.15, 0.2) is 67.1 Å². The Morgan fingerprint density at radius 2 is 2.04 bits per heavy atom. The van der Waals surface area contributed by atoms with Gasteiger partial charge in [-0.3, -0.25) is 14.5 Å². The number of amides is 1. The van der Waals surface area contributed by atoms with E-state index in [1.807, 2.05) is 59.6 Å². The van der Waals surface area contributed by atoms with Crippen LogP contribution in [0.1, 0.15) is 34.5 Å². The van der Waals surface area contributed by atoms with Gasteiger partial charge in [-0.25, -0.2) is 0 Å². The third-order valence-corrected chi connectivity index (χ3v) is 4.88. The van der Waals surface area contributed by atoms with E-state index in [1.165, 1.54) is 0 Å². The van der Waals surface area contributed by atoms with Crippen LogP contribution in [0, 0.1) is 0 Å². The summed E-state index contributed by atoms with van der Waals surface area (Å²) < 4.78 is 7.56. The molecule has 1 saturated heterocycles. The highest BCUT2D eigenvalue weighted by molar-refractivity contribution is 5.93. The van der Waals surface area contributed by atoms with Crippen molar-refractivity contribution >= 4 is 5.91 Å². The van der Waals surface area contributed by atoms with E-state index in [9.17, 15) is 4.79 Å². The summed E-state index contributed by atoms with van der Waals surface area (Å²) in [4.78, 5) is 19.4. The molecule has 4 rings (SSSR count). The van der Waals surface area contributed by atoms with Crippen molar-refractivity contribution in [3.05, 3.63) is 83.9 Å². The number of pyridine rings is 1. The van der Waals surface area contributed by atoms with Gasteiger partial charge in [0.05, 0.1) is 36.6 Å². The van der Waals surface area contributed by atoms with Gasteiger partial charge in [0.15, 0.2) is 0 Å². The fourth-order valence-electron chi connectivity index (χ4n) is 3.45. The summed E-state index contributed by atoms with van der Waals surface area (Å²) in [6.45, 7) is 2.44. The standard InChI is InChI=1S/C22H24N4O2/c27-22(19-13-24-26(15-19)14-18-7-2-1-3-8-18)25(17-21-10-6-12-28-21)16-20-9-4-5-11-23-20/h1-5,7-9,11,13,15,21H,6,10,12,14,16-17H2. The molecular weight excluding hydrogens is 352 g/mol. The Bertz CT molecular complexity index is 889. The zero-order chi connectivity index (χ0) is 19.2. The monoisotopic (exact) mass is 376 g/mol. The third-order valence-electron chi connectivity index (χ3n) is 4.88. The highest BCUT2D eigenvalue weighted by atomic mass is 16.5. The fraction of sp³-hybridized carbons (Fsp3) is 0.318. The molecule has 3 heterocycles. The summed E-state index contributed by atoms with van der Waals surface area (Å²) >= 11 is 0. The van der Waals surface area contributed by atoms with Gasteiger partial charge in [0.2, 0.25) is 0 Å². The zero-order valence-corrected chi connectivity index (χ0v) is 15.8. The molecule has 1 aliphatic rings. The summed E-state index contributed by atoms with van der Waals surface area (Å²) in [6, 6.07) is 15.8. The summed E-state index contributed by atoms with van der Waals surface area (Å²) in [5, 5.41) is 4.38. The molecule has 1 atom stereocenters. The molecule has 6 heteroatoms. The molecule has 144 valence electrons. The molecule has 1 aliphatic heterocycles. The second-order valence-corrected chi connectivity index (χ2v) is 7.05. The highest BCUT2D eigenvalue weighted by Crippen LogP contribution is 2.17. The van der Waals surface area contributed by atoms with Crippen molar-refractivity contribution in [1.29, 1.82) is 0 Å². The second kappa shape index (κ2) is 8.80.